The zero-order valence-corrected chi connectivity index (χ0v) is 14.7. The van der Waals surface area contributed by atoms with Crippen molar-refractivity contribution in [1.29, 1.82) is 0 Å². The fraction of sp³-hybridized carbons (Fsp3) is 0.450. The Kier molecular flexibility index (Phi) is 2.97. The molecule has 1 saturated carbocycles. The molecule has 1 spiro atoms. The predicted molar refractivity (Wildman–Crippen MR) is 101 cm³/mol. The van der Waals surface area contributed by atoms with E-state index in [9.17, 15) is 0 Å². The normalized spacial score (nSPS) is 24.3. The maximum absolute atomic E-state index is 4.74. The molecule has 6 heteroatoms. The van der Waals surface area contributed by atoms with Crippen LogP contribution in [0.15, 0.2) is 36.8 Å². The van der Waals surface area contributed by atoms with Gasteiger partial charge >= 0.3 is 0 Å². The van der Waals surface area contributed by atoms with E-state index in [1.165, 1.54) is 36.9 Å². The highest BCUT2D eigenvalue weighted by Gasteiger charge is 2.57. The molecule has 3 aliphatic rings. The summed E-state index contributed by atoms with van der Waals surface area (Å²) >= 11 is 0. The number of aromatic amines is 1. The lowest BCUT2D eigenvalue weighted by atomic mass is 9.68. The Morgan fingerprint density at radius 1 is 1.08 bits per heavy atom. The molecule has 0 radical (unpaired) electrons. The summed E-state index contributed by atoms with van der Waals surface area (Å²) in [6.45, 7) is 2.19. The van der Waals surface area contributed by atoms with Crippen molar-refractivity contribution >= 4 is 22.5 Å². The van der Waals surface area contributed by atoms with Gasteiger partial charge in [-0.05, 0) is 56.3 Å². The van der Waals surface area contributed by atoms with Crippen molar-refractivity contribution in [3.05, 3.63) is 42.4 Å². The van der Waals surface area contributed by atoms with Crippen LogP contribution in [-0.4, -0.2) is 39.3 Å². The summed E-state index contributed by atoms with van der Waals surface area (Å²) in [4.78, 5) is 11.6. The van der Waals surface area contributed by atoms with E-state index in [1.807, 2.05) is 6.20 Å². The molecule has 6 rings (SSSR count). The maximum Gasteiger partial charge on any atom is 0.160 e. The Morgan fingerprint density at radius 2 is 1.92 bits per heavy atom. The number of aromatic nitrogens is 4. The van der Waals surface area contributed by atoms with Gasteiger partial charge in [-0.2, -0.15) is 5.10 Å². The van der Waals surface area contributed by atoms with Gasteiger partial charge in [-0.15, -0.1) is 0 Å². The average Bonchev–Trinajstić information content (AvgIpc) is 3.34. The predicted octanol–water partition coefficient (Wildman–Crippen LogP) is 2.90. The van der Waals surface area contributed by atoms with Crippen molar-refractivity contribution < 1.29 is 0 Å². The van der Waals surface area contributed by atoms with Gasteiger partial charge in [0.15, 0.2) is 5.65 Å². The summed E-state index contributed by atoms with van der Waals surface area (Å²) in [7, 11) is 0. The number of hydrogen-bond donors (Lipinski definition) is 2. The molecule has 1 aliphatic carbocycles. The Morgan fingerprint density at radius 3 is 2.77 bits per heavy atom. The third-order valence-corrected chi connectivity index (χ3v) is 6.56. The molecule has 2 aromatic heterocycles. The summed E-state index contributed by atoms with van der Waals surface area (Å²) < 4.78 is 0. The highest BCUT2D eigenvalue weighted by Crippen LogP contribution is 2.59. The number of anilines is 2. The van der Waals surface area contributed by atoms with Gasteiger partial charge < -0.3 is 10.2 Å². The van der Waals surface area contributed by atoms with E-state index < -0.39 is 0 Å². The lowest BCUT2D eigenvalue weighted by Crippen LogP contribution is -2.50. The Bertz CT molecular complexity index is 969. The molecule has 1 unspecified atom stereocenters. The number of hydrogen-bond acceptors (Lipinski definition) is 5. The number of nitrogens with zero attached hydrogens (tertiary/aromatic N) is 4. The van der Waals surface area contributed by atoms with E-state index >= 15 is 0 Å². The number of rotatable bonds is 2. The van der Waals surface area contributed by atoms with E-state index in [4.69, 9.17) is 4.98 Å². The minimum absolute atomic E-state index is 0.226. The molecule has 3 aromatic rings. The highest BCUT2D eigenvalue weighted by molar-refractivity contribution is 5.91. The molecule has 0 bridgehead atoms. The van der Waals surface area contributed by atoms with Crippen molar-refractivity contribution in [1.82, 2.24) is 25.5 Å². The molecule has 6 nitrogen and oxygen atoms in total. The van der Waals surface area contributed by atoms with Crippen LogP contribution in [0.3, 0.4) is 0 Å². The van der Waals surface area contributed by atoms with Gasteiger partial charge in [0.05, 0.1) is 11.6 Å². The largest absolute Gasteiger partial charge is 0.321 e. The molecule has 26 heavy (non-hydrogen) atoms. The number of H-pyrrole nitrogens is 1. The zero-order chi connectivity index (χ0) is 17.1. The van der Waals surface area contributed by atoms with E-state index in [0.29, 0.717) is 6.04 Å². The van der Waals surface area contributed by atoms with Crippen LogP contribution >= 0.6 is 0 Å². The summed E-state index contributed by atoms with van der Waals surface area (Å²) in [5.41, 5.74) is 3.87. The van der Waals surface area contributed by atoms with Crippen LogP contribution in [0, 0.1) is 5.92 Å². The van der Waals surface area contributed by atoms with Crippen molar-refractivity contribution in [2.75, 3.05) is 18.0 Å². The number of piperidine rings is 1. The number of nitrogens with one attached hydrogen (secondary N) is 2. The van der Waals surface area contributed by atoms with Crippen molar-refractivity contribution in [3.63, 3.8) is 0 Å². The van der Waals surface area contributed by atoms with Crippen LogP contribution in [0.5, 0.6) is 0 Å². The Hall–Kier alpha value is -2.47. The topological polar surface area (TPSA) is 69.7 Å². The first-order valence-electron chi connectivity index (χ1n) is 9.62. The minimum atomic E-state index is 0.226. The van der Waals surface area contributed by atoms with E-state index in [1.54, 1.807) is 6.33 Å². The average molecular weight is 346 g/mol. The summed E-state index contributed by atoms with van der Waals surface area (Å²) in [5.74, 6) is 1.75. The molecular weight excluding hydrogens is 324 g/mol. The van der Waals surface area contributed by atoms with Crippen LogP contribution in [0.25, 0.3) is 11.0 Å². The first kappa shape index (κ1) is 14.7. The van der Waals surface area contributed by atoms with Crippen LogP contribution in [-0.2, 0) is 5.41 Å². The molecule has 2 N–H and O–H groups in total. The van der Waals surface area contributed by atoms with E-state index in [0.717, 1.165) is 35.9 Å². The van der Waals surface area contributed by atoms with Gasteiger partial charge in [-0.1, -0.05) is 18.2 Å². The first-order valence-corrected chi connectivity index (χ1v) is 9.62. The molecule has 0 amide bonds. The number of benzene rings is 1. The van der Waals surface area contributed by atoms with Gasteiger partial charge in [0.25, 0.3) is 0 Å². The fourth-order valence-corrected chi connectivity index (χ4v) is 5.36. The Balaban J connectivity index is 1.61. The van der Waals surface area contributed by atoms with Gasteiger partial charge in [0.1, 0.15) is 12.1 Å². The van der Waals surface area contributed by atoms with Crippen molar-refractivity contribution in [2.45, 2.75) is 37.1 Å². The van der Waals surface area contributed by atoms with Crippen molar-refractivity contribution in [3.8, 4) is 0 Å². The molecule has 1 aromatic carbocycles. The van der Waals surface area contributed by atoms with Crippen LogP contribution < -0.4 is 10.2 Å². The van der Waals surface area contributed by atoms with Gasteiger partial charge in [0, 0.05) is 17.1 Å². The monoisotopic (exact) mass is 346 g/mol. The van der Waals surface area contributed by atoms with Gasteiger partial charge in [0.2, 0.25) is 0 Å². The van der Waals surface area contributed by atoms with Crippen LogP contribution in [0.4, 0.5) is 11.5 Å². The molecule has 4 heterocycles. The lowest BCUT2D eigenvalue weighted by Gasteiger charge is -2.42. The van der Waals surface area contributed by atoms with E-state index in [2.05, 4.69) is 49.7 Å². The van der Waals surface area contributed by atoms with E-state index in [-0.39, 0.29) is 5.41 Å². The quantitative estimate of drug-likeness (QED) is 0.747. The van der Waals surface area contributed by atoms with Gasteiger partial charge in [-0.25, -0.2) is 9.97 Å². The molecule has 1 saturated heterocycles. The fourth-order valence-electron chi connectivity index (χ4n) is 5.36. The number of fused-ring (bicyclic) bond motifs is 3. The standard InChI is InChI=1S/C20H22N6/c1-2-4-16-15(3-1)20(7-9-21-10-8-20)17(13-5-6-13)26(16)19-14-11-24-25-18(14)22-12-23-19/h1-4,11-13,17,21H,5-10H2,(H,22,23,24,25). The summed E-state index contributed by atoms with van der Waals surface area (Å²) in [6, 6.07) is 9.46. The zero-order valence-electron chi connectivity index (χ0n) is 14.7. The lowest BCUT2D eigenvalue weighted by molar-refractivity contribution is 0.253. The Labute approximate surface area is 152 Å². The molecule has 1 atom stereocenters. The van der Waals surface area contributed by atoms with Crippen LogP contribution in [0.2, 0.25) is 0 Å². The third kappa shape index (κ3) is 1.88. The second-order valence-corrected chi connectivity index (χ2v) is 7.91. The maximum atomic E-state index is 4.74. The second-order valence-electron chi connectivity index (χ2n) is 7.91. The van der Waals surface area contributed by atoms with Gasteiger partial charge in [-0.3, -0.25) is 5.10 Å². The molecule has 132 valence electrons. The molecular formula is C20H22N6. The SMILES string of the molecule is c1ccc2c(c1)N(c1ncnc3[nH]ncc13)C(C1CC1)C21CCNCC1. The van der Waals surface area contributed by atoms with Crippen LogP contribution in [0.1, 0.15) is 31.2 Å². The summed E-state index contributed by atoms with van der Waals surface area (Å²) in [6.07, 6.45) is 8.57. The molecule has 2 fully saturated rings. The smallest absolute Gasteiger partial charge is 0.160 e. The molecule has 2 aliphatic heterocycles. The van der Waals surface area contributed by atoms with Crippen molar-refractivity contribution in [2.24, 2.45) is 5.92 Å². The first-order chi connectivity index (χ1) is 12.9. The third-order valence-electron chi connectivity index (χ3n) is 6.56. The second kappa shape index (κ2) is 5.27. The minimum Gasteiger partial charge on any atom is -0.321 e. The summed E-state index contributed by atoms with van der Waals surface area (Å²) in [5, 5.41) is 11.8. The highest BCUT2D eigenvalue weighted by atomic mass is 15.3. The number of para-hydroxylation sites is 1.